The van der Waals surface area contributed by atoms with Crippen molar-refractivity contribution in [1.82, 2.24) is 5.32 Å². The average Bonchev–Trinajstić information content (AvgIpc) is 2.96. The van der Waals surface area contributed by atoms with Gasteiger partial charge in [0, 0.05) is 44.4 Å². The molecule has 2 aliphatic rings. The molecule has 0 aromatic heterocycles. The van der Waals surface area contributed by atoms with Gasteiger partial charge in [-0.3, -0.25) is 0 Å². The first kappa shape index (κ1) is 30.6. The molecule has 1 saturated carbocycles. The number of hydrogen-bond acceptors (Lipinski definition) is 8. The topological polar surface area (TPSA) is 72.1 Å². The number of methoxy groups -OCH3 is 2. The lowest BCUT2D eigenvalue weighted by Gasteiger charge is -2.41. The van der Waals surface area contributed by atoms with Crippen LogP contribution in [0.1, 0.15) is 44.2 Å². The monoisotopic (exact) mass is 577 g/mol. The van der Waals surface area contributed by atoms with Crippen LogP contribution in [0.3, 0.4) is 0 Å². The molecule has 0 radical (unpaired) electrons. The van der Waals surface area contributed by atoms with E-state index in [1.807, 2.05) is 50.2 Å². The summed E-state index contributed by atoms with van der Waals surface area (Å²) in [6, 6.07) is 20.2. The van der Waals surface area contributed by atoms with Gasteiger partial charge in [0.05, 0.1) is 36.8 Å². The fourth-order valence-electron chi connectivity index (χ4n) is 5.13. The Labute approximate surface area is 249 Å². The third kappa shape index (κ3) is 7.11. The number of aldehydes is 1. The van der Waals surface area contributed by atoms with E-state index in [9.17, 15) is 4.79 Å². The lowest BCUT2D eigenvalue weighted by Crippen LogP contribution is -2.45. The highest BCUT2D eigenvalue weighted by Gasteiger charge is 2.42. The normalized spacial score (nSPS) is 15.3. The van der Waals surface area contributed by atoms with Gasteiger partial charge in [0.2, 0.25) is 0 Å². The highest BCUT2D eigenvalue weighted by Crippen LogP contribution is 2.50. The summed E-state index contributed by atoms with van der Waals surface area (Å²) in [6.45, 7) is 7.23. The zero-order valence-corrected chi connectivity index (χ0v) is 25.7. The molecule has 41 heavy (non-hydrogen) atoms. The first-order chi connectivity index (χ1) is 20.0. The van der Waals surface area contributed by atoms with Crippen molar-refractivity contribution >= 4 is 29.6 Å². The van der Waals surface area contributed by atoms with Crippen LogP contribution in [0.4, 0.5) is 11.4 Å². The molecule has 5 rings (SSSR count). The third-order valence-electron chi connectivity index (χ3n) is 7.73. The van der Waals surface area contributed by atoms with Gasteiger partial charge in [0.25, 0.3) is 0 Å². The molecule has 2 fully saturated rings. The molecule has 7 nitrogen and oxygen atoms in total. The van der Waals surface area contributed by atoms with Gasteiger partial charge in [0.15, 0.2) is 0 Å². The van der Waals surface area contributed by atoms with Crippen molar-refractivity contribution < 1.29 is 19.0 Å². The predicted octanol–water partition coefficient (Wildman–Crippen LogP) is 6.70. The molecule has 0 spiro atoms. The molecule has 220 valence electrons. The van der Waals surface area contributed by atoms with Gasteiger partial charge in [-0.15, -0.1) is 0 Å². The van der Waals surface area contributed by atoms with Gasteiger partial charge in [-0.25, -0.2) is 0 Å². The van der Waals surface area contributed by atoms with Crippen molar-refractivity contribution in [2.24, 2.45) is 5.92 Å². The molecule has 0 amide bonds. The molecular formula is C33H43N3O4S. The van der Waals surface area contributed by atoms with Gasteiger partial charge in [-0.2, -0.15) is 0 Å². The smallest absolute Gasteiger partial charge is 0.145 e. The Hall–Kier alpha value is -3.36. The minimum Gasteiger partial charge on any atom is -0.497 e. The predicted molar refractivity (Wildman–Crippen MR) is 169 cm³/mol. The van der Waals surface area contributed by atoms with E-state index in [-0.39, 0.29) is 0 Å². The molecule has 1 aliphatic heterocycles. The van der Waals surface area contributed by atoms with E-state index in [0.29, 0.717) is 19.1 Å². The molecule has 1 heterocycles. The lowest BCUT2D eigenvalue weighted by atomic mass is 9.65. The van der Waals surface area contributed by atoms with Crippen LogP contribution in [-0.2, 0) is 16.8 Å². The Bertz CT molecular complexity index is 1280. The zero-order valence-electron chi connectivity index (χ0n) is 24.9. The summed E-state index contributed by atoms with van der Waals surface area (Å²) >= 11 is 1.49. The van der Waals surface area contributed by atoms with Crippen molar-refractivity contribution in [2.45, 2.75) is 50.0 Å². The van der Waals surface area contributed by atoms with Crippen molar-refractivity contribution in [3.05, 3.63) is 71.8 Å². The van der Waals surface area contributed by atoms with Crippen molar-refractivity contribution in [3.63, 3.8) is 0 Å². The fraction of sp³-hybridized carbons (Fsp3) is 0.424. The first-order valence-corrected chi connectivity index (χ1v) is 15.2. The van der Waals surface area contributed by atoms with E-state index in [4.69, 9.17) is 14.2 Å². The number of nitrogens with one attached hydrogen (secondary N) is 2. The van der Waals surface area contributed by atoms with E-state index in [1.54, 1.807) is 14.2 Å². The minimum absolute atomic E-state index is 0.483. The second-order valence-electron chi connectivity index (χ2n) is 10.4. The maximum atomic E-state index is 12.6. The lowest BCUT2D eigenvalue weighted by molar-refractivity contribution is -0.115. The molecule has 8 heteroatoms. The van der Waals surface area contributed by atoms with Crippen molar-refractivity contribution in [1.29, 1.82) is 0 Å². The summed E-state index contributed by atoms with van der Waals surface area (Å²) in [6.07, 6.45) is 3.87. The quantitative estimate of drug-likeness (QED) is 0.172. The highest BCUT2D eigenvalue weighted by atomic mass is 32.2. The average molecular weight is 578 g/mol. The van der Waals surface area contributed by atoms with Crippen LogP contribution in [-0.4, -0.2) is 47.2 Å². The molecule has 0 atom stereocenters. The Morgan fingerprint density at radius 1 is 1.02 bits per heavy atom. The fourth-order valence-corrected chi connectivity index (χ4v) is 5.88. The van der Waals surface area contributed by atoms with Gasteiger partial charge < -0.3 is 33.9 Å². The number of benzene rings is 3. The minimum atomic E-state index is -0.508. The van der Waals surface area contributed by atoms with Crippen LogP contribution in [0.25, 0.3) is 0 Å². The van der Waals surface area contributed by atoms with Crippen LogP contribution in [0.15, 0.2) is 65.6 Å². The number of para-hydroxylation sites is 1. The number of ether oxygens (including phenoxy) is 3. The van der Waals surface area contributed by atoms with Crippen LogP contribution in [0, 0.1) is 5.92 Å². The molecule has 0 unspecified atom stereocenters. The number of anilines is 2. The molecule has 0 bridgehead atoms. The zero-order chi connectivity index (χ0) is 29.2. The van der Waals surface area contributed by atoms with Gasteiger partial charge >= 0.3 is 0 Å². The molecule has 1 saturated heterocycles. The molecular weight excluding hydrogens is 534 g/mol. The van der Waals surface area contributed by atoms with Gasteiger partial charge in [-0.1, -0.05) is 44.5 Å². The van der Waals surface area contributed by atoms with Crippen LogP contribution >= 0.6 is 11.9 Å². The largest absolute Gasteiger partial charge is 0.497 e. The molecule has 1 aliphatic carbocycles. The van der Waals surface area contributed by atoms with Crippen molar-refractivity contribution in [3.8, 4) is 17.2 Å². The Morgan fingerprint density at radius 3 is 2.34 bits per heavy atom. The summed E-state index contributed by atoms with van der Waals surface area (Å²) in [5, 5.41) is 3.33. The van der Waals surface area contributed by atoms with Gasteiger partial charge in [-0.05, 0) is 66.2 Å². The maximum Gasteiger partial charge on any atom is 0.145 e. The summed E-state index contributed by atoms with van der Waals surface area (Å²) in [5.41, 5.74) is 3.55. The van der Waals surface area contributed by atoms with Crippen LogP contribution in [0.5, 0.6) is 17.2 Å². The van der Waals surface area contributed by atoms with Crippen LogP contribution < -0.4 is 29.1 Å². The first-order valence-electron chi connectivity index (χ1n) is 14.4. The Balaban J connectivity index is 0.00000189. The third-order valence-corrected chi connectivity index (χ3v) is 8.63. The maximum absolute atomic E-state index is 12.6. The van der Waals surface area contributed by atoms with E-state index >= 15 is 0 Å². The summed E-state index contributed by atoms with van der Waals surface area (Å²) in [4.78, 5) is 15.8. The van der Waals surface area contributed by atoms with Gasteiger partial charge in [0.1, 0.15) is 23.5 Å². The van der Waals surface area contributed by atoms with Crippen LogP contribution in [0.2, 0.25) is 0 Å². The molecule has 3 aromatic rings. The number of carbonyl (C=O) groups is 1. The number of hydrogen-bond donors (Lipinski definition) is 2. The molecule has 2 N–H and O–H groups in total. The second kappa shape index (κ2) is 14.5. The summed E-state index contributed by atoms with van der Waals surface area (Å²) in [5.74, 6) is 2.92. The summed E-state index contributed by atoms with van der Waals surface area (Å²) in [7, 11) is 5.43. The number of nitrogens with zero attached hydrogens (tertiary/aromatic N) is 1. The van der Waals surface area contributed by atoms with E-state index in [0.717, 1.165) is 83.3 Å². The van der Waals surface area contributed by atoms with E-state index in [1.165, 1.54) is 11.9 Å². The second-order valence-corrected chi connectivity index (χ2v) is 11.2. The number of carbonyl (C=O) groups excluding carboxylic acids is 1. The van der Waals surface area contributed by atoms with E-state index < -0.39 is 5.41 Å². The number of rotatable bonds is 13. The Morgan fingerprint density at radius 2 is 1.76 bits per heavy atom. The van der Waals surface area contributed by atoms with Crippen molar-refractivity contribution in [2.75, 3.05) is 50.6 Å². The molecule has 3 aromatic carbocycles. The summed E-state index contributed by atoms with van der Waals surface area (Å²) < 4.78 is 20.9. The Kier molecular flexibility index (Phi) is 10.8. The SMILES string of the molecule is CC.COc1ccc(CN(C)c2c(OCC3CNC3)cc(NSc3ccccc3OC)cc2C2(C=O)CCC2)cc1. The highest BCUT2D eigenvalue weighted by molar-refractivity contribution is 8.00. The van der Waals surface area contributed by atoms with E-state index in [2.05, 4.69) is 46.3 Å². The standard InChI is InChI=1S/C31H37N3O4S.C2H6/c1-34(19-22-9-11-25(36-2)12-10-22)30-26(31(21-35)13-6-14-31)15-24(16-28(30)38-20-23-17-32-18-23)33-39-29-8-5-4-7-27(29)37-3;1-2/h4-5,7-12,15-16,21,23,32-33H,6,13-14,17-20H2,1-3H3;1-2H3.